The molecule has 24 heavy (non-hydrogen) atoms. The Morgan fingerprint density at radius 3 is 1.83 bits per heavy atom. The van der Waals surface area contributed by atoms with E-state index in [1.54, 1.807) is 11.8 Å². The Kier molecular flexibility index (Phi) is 6.69. The molecule has 0 aliphatic carbocycles. The van der Waals surface area contributed by atoms with E-state index in [-0.39, 0.29) is 22.4 Å². The molecule has 142 valence electrons. The van der Waals surface area contributed by atoms with Crippen molar-refractivity contribution in [3.05, 3.63) is 0 Å². The average molecular weight is 395 g/mol. The summed E-state index contributed by atoms with van der Waals surface area (Å²) in [6, 6.07) is 0. The first-order chi connectivity index (χ1) is 11.1. The quantitative estimate of drug-likeness (QED) is 0.597. The van der Waals surface area contributed by atoms with Crippen LogP contribution in [0.2, 0.25) is 22.2 Å². The molecule has 2 heterocycles. The van der Waals surface area contributed by atoms with Crippen LogP contribution >= 0.6 is 11.8 Å². The van der Waals surface area contributed by atoms with Gasteiger partial charge in [-0.15, -0.1) is 0 Å². The molecule has 2 aliphatic rings. The van der Waals surface area contributed by atoms with E-state index in [2.05, 4.69) is 55.4 Å². The first-order valence-corrected chi connectivity index (χ1v) is 14.3. The third-order valence-electron chi connectivity index (χ3n) is 5.52. The lowest BCUT2D eigenvalue weighted by Crippen LogP contribution is -2.65. The van der Waals surface area contributed by atoms with E-state index in [1.165, 1.54) is 0 Å². The lowest BCUT2D eigenvalue weighted by Gasteiger charge is -2.51. The summed E-state index contributed by atoms with van der Waals surface area (Å²) in [4.78, 5) is 0. The zero-order valence-electron chi connectivity index (χ0n) is 16.5. The van der Waals surface area contributed by atoms with Crippen LogP contribution in [-0.4, -0.2) is 47.0 Å². The van der Waals surface area contributed by atoms with Gasteiger partial charge in [0, 0.05) is 5.75 Å². The van der Waals surface area contributed by atoms with Crippen molar-refractivity contribution >= 4 is 28.9 Å². The van der Waals surface area contributed by atoms with Gasteiger partial charge in [-0.05, 0) is 22.2 Å². The Balaban J connectivity index is 2.51. The van der Waals surface area contributed by atoms with E-state index in [0.29, 0.717) is 23.4 Å². The number of hydrogen-bond acceptors (Lipinski definition) is 4. The number of thioether (sulfide) groups is 1. The van der Waals surface area contributed by atoms with E-state index in [0.717, 1.165) is 0 Å². The number of alkyl halides is 1. The van der Waals surface area contributed by atoms with Gasteiger partial charge in [-0.3, -0.25) is 0 Å². The molecule has 2 aliphatic heterocycles. The number of rotatable bonds is 4. The first kappa shape index (κ1) is 20.9. The van der Waals surface area contributed by atoms with Crippen LogP contribution in [0, 0.1) is 0 Å². The molecule has 2 saturated heterocycles. The Labute approximate surface area is 153 Å². The van der Waals surface area contributed by atoms with Crippen molar-refractivity contribution < 1.29 is 17.4 Å². The van der Waals surface area contributed by atoms with Gasteiger partial charge in [0.15, 0.2) is 0 Å². The van der Waals surface area contributed by atoms with Crippen molar-refractivity contribution in [1.82, 2.24) is 0 Å². The number of fused-ring (bicyclic) bond motifs is 1. The Morgan fingerprint density at radius 1 is 0.875 bits per heavy atom. The average Bonchev–Trinajstić information content (AvgIpc) is 2.77. The minimum Gasteiger partial charge on any atom is -0.414 e. The third-order valence-corrected chi connectivity index (χ3v) is 17.1. The van der Waals surface area contributed by atoms with E-state index in [1.807, 2.05) is 0 Å². The van der Waals surface area contributed by atoms with Gasteiger partial charge in [-0.25, -0.2) is 4.39 Å². The normalized spacial score (nSPS) is 33.1. The Morgan fingerprint density at radius 2 is 1.38 bits per heavy atom. The van der Waals surface area contributed by atoms with E-state index >= 15 is 0 Å². The summed E-state index contributed by atoms with van der Waals surface area (Å²) < 4.78 is 34.8. The molecule has 3 unspecified atom stereocenters. The molecule has 0 amide bonds. The highest BCUT2D eigenvalue weighted by Crippen LogP contribution is 2.48. The molecule has 0 aromatic heterocycles. The molecule has 3 atom stereocenters. The maximum atomic E-state index is 14.5. The molecule has 0 aromatic rings. The highest BCUT2D eigenvalue weighted by molar-refractivity contribution is 8.00. The van der Waals surface area contributed by atoms with Crippen molar-refractivity contribution in [3.8, 4) is 0 Å². The van der Waals surface area contributed by atoms with Gasteiger partial charge in [0.2, 0.25) is 0 Å². The van der Waals surface area contributed by atoms with E-state index in [9.17, 15) is 4.39 Å². The van der Waals surface area contributed by atoms with Crippen molar-refractivity contribution in [2.24, 2.45) is 0 Å². The van der Waals surface area contributed by atoms with Crippen LogP contribution < -0.4 is 0 Å². The molecular weight excluding hydrogens is 359 g/mol. The van der Waals surface area contributed by atoms with Crippen molar-refractivity contribution in [1.29, 1.82) is 0 Å². The molecule has 0 radical (unpaired) electrons. The molecule has 0 N–H and O–H groups in total. The molecule has 0 spiro atoms. The second-order valence-electron chi connectivity index (χ2n) is 8.44. The summed E-state index contributed by atoms with van der Waals surface area (Å²) in [5, 5.41) is 0.0950. The Hall–Kier alpha value is 0.594. The van der Waals surface area contributed by atoms with E-state index < -0.39 is 23.3 Å². The topological polar surface area (TPSA) is 27.7 Å². The van der Waals surface area contributed by atoms with E-state index in [4.69, 9.17) is 13.0 Å². The molecule has 0 bridgehead atoms. The van der Waals surface area contributed by atoms with Crippen LogP contribution in [0.4, 0.5) is 4.39 Å². The zero-order chi connectivity index (χ0) is 18.3. The predicted octanol–water partition coefficient (Wildman–Crippen LogP) is 5.40. The second-order valence-corrected chi connectivity index (χ2v) is 18.6. The number of halogens is 1. The van der Waals surface area contributed by atoms with Gasteiger partial charge >= 0.3 is 17.1 Å². The van der Waals surface area contributed by atoms with Gasteiger partial charge in [0.1, 0.15) is 6.17 Å². The largest absolute Gasteiger partial charge is 0.414 e. The summed E-state index contributed by atoms with van der Waals surface area (Å²) in [7, 11) is -5.09. The van der Waals surface area contributed by atoms with Crippen LogP contribution in [0.3, 0.4) is 0 Å². The first-order valence-electron chi connectivity index (χ1n) is 9.34. The minimum atomic E-state index is -2.63. The molecule has 0 saturated carbocycles. The maximum Gasteiger partial charge on any atom is 0.335 e. The third kappa shape index (κ3) is 3.53. The van der Waals surface area contributed by atoms with Crippen LogP contribution in [-0.2, 0) is 13.0 Å². The Bertz CT molecular complexity index is 418. The maximum absolute atomic E-state index is 14.5. The van der Waals surface area contributed by atoms with Crippen molar-refractivity contribution in [2.75, 3.05) is 12.4 Å². The van der Waals surface area contributed by atoms with Crippen LogP contribution in [0.25, 0.3) is 0 Å². The summed E-state index contributed by atoms with van der Waals surface area (Å²) in [6.45, 7) is 18.1. The molecule has 2 rings (SSSR count). The molecule has 3 nitrogen and oxygen atoms in total. The van der Waals surface area contributed by atoms with Gasteiger partial charge in [-0.2, -0.15) is 11.8 Å². The van der Waals surface area contributed by atoms with Gasteiger partial charge in [0.05, 0.1) is 18.0 Å². The van der Waals surface area contributed by atoms with Crippen LogP contribution in [0.5, 0.6) is 0 Å². The van der Waals surface area contributed by atoms with Gasteiger partial charge in [-0.1, -0.05) is 55.4 Å². The summed E-state index contributed by atoms with van der Waals surface area (Å²) in [6.07, 6.45) is -1.29. The SMILES string of the molecule is CC(C)[Si]1(C(C)C)OCC2SCC(F)C2O[Si](C(C)C)(C(C)C)O1. The predicted molar refractivity (Wildman–Crippen MR) is 105 cm³/mol. The van der Waals surface area contributed by atoms with Gasteiger partial charge < -0.3 is 13.0 Å². The molecule has 0 aromatic carbocycles. The smallest absolute Gasteiger partial charge is 0.335 e. The standard InChI is InChI=1S/C17H35FO3SSi2/c1-11(2)23(12(3)4)19-9-16-17(15(18)10-22-16)20-24(21-23,13(5)6)14(7)8/h11-17H,9-10H2,1-8H3. The molecule has 2 fully saturated rings. The van der Waals surface area contributed by atoms with Crippen molar-refractivity contribution in [2.45, 2.75) is 95.1 Å². The zero-order valence-corrected chi connectivity index (χ0v) is 19.3. The van der Waals surface area contributed by atoms with Crippen molar-refractivity contribution in [3.63, 3.8) is 0 Å². The second kappa shape index (κ2) is 7.68. The lowest BCUT2D eigenvalue weighted by molar-refractivity contribution is 0.0388. The summed E-state index contributed by atoms with van der Waals surface area (Å²) in [5.41, 5.74) is 1.22. The number of hydrogen-bond donors (Lipinski definition) is 0. The minimum absolute atomic E-state index is 0.0950. The fourth-order valence-electron chi connectivity index (χ4n) is 4.07. The fraction of sp³-hybridized carbons (Fsp3) is 1.00. The molecule has 7 heteroatoms. The summed E-state index contributed by atoms with van der Waals surface area (Å²) >= 11 is 1.67. The fourth-order valence-corrected chi connectivity index (χ4v) is 16.7. The summed E-state index contributed by atoms with van der Waals surface area (Å²) in [5.74, 6) is 0.511. The van der Waals surface area contributed by atoms with Crippen LogP contribution in [0.15, 0.2) is 0 Å². The highest BCUT2D eigenvalue weighted by Gasteiger charge is 2.60. The van der Waals surface area contributed by atoms with Gasteiger partial charge in [0.25, 0.3) is 0 Å². The van der Waals surface area contributed by atoms with Crippen LogP contribution in [0.1, 0.15) is 55.4 Å². The highest BCUT2D eigenvalue weighted by atomic mass is 32.2. The monoisotopic (exact) mass is 394 g/mol. The molecular formula is C17H35FO3SSi2. The lowest BCUT2D eigenvalue weighted by atomic mass is 10.2.